The van der Waals surface area contributed by atoms with E-state index in [2.05, 4.69) is 34.4 Å². The molecule has 1 aliphatic heterocycles. The second-order valence-electron chi connectivity index (χ2n) is 6.62. The van der Waals surface area contributed by atoms with Crippen LogP contribution in [0.4, 0.5) is 10.5 Å². The van der Waals surface area contributed by atoms with Gasteiger partial charge in [-0.2, -0.15) is 0 Å². The molecule has 2 heterocycles. The van der Waals surface area contributed by atoms with Crippen LogP contribution in [0.5, 0.6) is 0 Å². The van der Waals surface area contributed by atoms with E-state index in [0.717, 1.165) is 24.4 Å². The van der Waals surface area contributed by atoms with Gasteiger partial charge in [0.05, 0.1) is 12.1 Å². The Hall–Kier alpha value is -1.77. The minimum atomic E-state index is -0.246. The highest BCUT2D eigenvalue weighted by atomic mass is 32.2. The number of nitrogens with zero attached hydrogens (tertiary/aromatic N) is 2. The number of likely N-dealkylation sites (tertiary alicyclic amines) is 1. The van der Waals surface area contributed by atoms with E-state index in [-0.39, 0.29) is 18.2 Å². The number of methoxy groups -OCH3 is 1. The van der Waals surface area contributed by atoms with E-state index >= 15 is 0 Å². The highest BCUT2D eigenvalue weighted by Gasteiger charge is 2.34. The molecule has 0 saturated carbocycles. The summed E-state index contributed by atoms with van der Waals surface area (Å²) >= 11 is 1.55. The summed E-state index contributed by atoms with van der Waals surface area (Å²) in [6.45, 7) is 7.94. The van der Waals surface area contributed by atoms with Gasteiger partial charge in [-0.05, 0) is 31.7 Å². The van der Waals surface area contributed by atoms with Crippen molar-refractivity contribution in [2.45, 2.75) is 44.2 Å². The van der Waals surface area contributed by atoms with Crippen molar-refractivity contribution in [1.82, 2.24) is 15.2 Å². The molecule has 7 nitrogen and oxygen atoms in total. The number of ether oxygens (including phenoxy) is 1. The molecule has 2 aromatic rings. The third-order valence-electron chi connectivity index (χ3n) is 4.54. The van der Waals surface area contributed by atoms with Crippen LogP contribution < -0.4 is 10.6 Å². The number of urea groups is 1. The maximum atomic E-state index is 12.4. The summed E-state index contributed by atoms with van der Waals surface area (Å²) in [5, 5.41) is 6.54. The van der Waals surface area contributed by atoms with Gasteiger partial charge in [0.1, 0.15) is 5.52 Å². The largest absolute Gasteiger partial charge is 0.431 e. The zero-order chi connectivity index (χ0) is 18.7. The lowest BCUT2D eigenvalue weighted by Gasteiger charge is -2.20. The Bertz CT molecular complexity index is 764. The molecule has 8 heteroatoms. The SMILES string of the molecule is CCSc1nc2ccc(NC(=O)N[C@H]3CN(C(C)C)C[C@@H]3OC)cc2o1. The number of carbonyl (C=O) groups is 1. The van der Waals surface area contributed by atoms with Crippen LogP contribution in [0.1, 0.15) is 20.8 Å². The third kappa shape index (κ3) is 4.31. The fraction of sp³-hybridized carbons (Fsp3) is 0.556. The van der Waals surface area contributed by atoms with Crippen LogP contribution in [0, 0.1) is 0 Å². The van der Waals surface area contributed by atoms with Gasteiger partial charge in [-0.1, -0.05) is 18.7 Å². The molecule has 0 bridgehead atoms. The van der Waals surface area contributed by atoms with E-state index in [4.69, 9.17) is 9.15 Å². The van der Waals surface area contributed by atoms with Gasteiger partial charge in [0.15, 0.2) is 5.58 Å². The van der Waals surface area contributed by atoms with Crippen LogP contribution >= 0.6 is 11.8 Å². The van der Waals surface area contributed by atoms with Crippen LogP contribution in [0.2, 0.25) is 0 Å². The zero-order valence-electron chi connectivity index (χ0n) is 15.6. The normalized spacial score (nSPS) is 20.8. The predicted molar refractivity (Wildman–Crippen MR) is 104 cm³/mol. The molecule has 1 aromatic heterocycles. The summed E-state index contributed by atoms with van der Waals surface area (Å²) in [6.07, 6.45) is -0.00599. The Kier molecular flexibility index (Phi) is 6.05. The van der Waals surface area contributed by atoms with Gasteiger partial charge in [-0.15, -0.1) is 0 Å². The number of carbonyl (C=O) groups excluding carboxylic acids is 1. The van der Waals surface area contributed by atoms with E-state index in [1.807, 2.05) is 19.1 Å². The van der Waals surface area contributed by atoms with Crippen LogP contribution in [0.3, 0.4) is 0 Å². The molecule has 0 aliphatic carbocycles. The van der Waals surface area contributed by atoms with E-state index in [0.29, 0.717) is 22.5 Å². The van der Waals surface area contributed by atoms with E-state index in [1.54, 1.807) is 24.9 Å². The highest BCUT2D eigenvalue weighted by molar-refractivity contribution is 7.99. The minimum absolute atomic E-state index is 0.00599. The van der Waals surface area contributed by atoms with Gasteiger partial charge in [-0.3, -0.25) is 4.90 Å². The monoisotopic (exact) mass is 378 g/mol. The Morgan fingerprint density at radius 3 is 2.96 bits per heavy atom. The number of rotatable bonds is 6. The number of fused-ring (bicyclic) bond motifs is 1. The lowest BCUT2D eigenvalue weighted by atomic mass is 10.2. The van der Waals surface area contributed by atoms with Gasteiger partial charge in [0.2, 0.25) is 0 Å². The molecule has 1 saturated heterocycles. The maximum Gasteiger partial charge on any atom is 0.319 e. The average Bonchev–Trinajstić information content (AvgIpc) is 3.18. The molecule has 3 rings (SSSR count). The number of aromatic nitrogens is 1. The summed E-state index contributed by atoms with van der Waals surface area (Å²) < 4.78 is 11.2. The molecule has 1 aliphatic rings. The predicted octanol–water partition coefficient (Wildman–Crippen LogP) is 3.17. The van der Waals surface area contributed by atoms with Crippen LogP contribution in [0.15, 0.2) is 27.8 Å². The Morgan fingerprint density at radius 1 is 1.46 bits per heavy atom. The summed E-state index contributed by atoms with van der Waals surface area (Å²) in [4.78, 5) is 19.1. The quantitative estimate of drug-likeness (QED) is 0.752. The van der Waals surface area contributed by atoms with Gasteiger partial charge in [0, 0.05) is 38.0 Å². The number of hydrogen-bond donors (Lipinski definition) is 2. The van der Waals surface area contributed by atoms with Gasteiger partial charge < -0.3 is 19.8 Å². The van der Waals surface area contributed by atoms with Crippen molar-refractivity contribution in [3.05, 3.63) is 18.2 Å². The molecule has 2 atom stereocenters. The number of amides is 2. The number of thioether (sulfide) groups is 1. The summed E-state index contributed by atoms with van der Waals surface area (Å²) in [5.41, 5.74) is 2.13. The number of hydrogen-bond acceptors (Lipinski definition) is 6. The summed E-state index contributed by atoms with van der Waals surface area (Å²) in [5.74, 6) is 0.899. The molecule has 1 aromatic carbocycles. The number of anilines is 1. The first-order chi connectivity index (χ1) is 12.5. The molecule has 2 amide bonds. The Morgan fingerprint density at radius 2 is 2.27 bits per heavy atom. The maximum absolute atomic E-state index is 12.4. The number of nitrogens with one attached hydrogen (secondary N) is 2. The Labute approximate surface area is 157 Å². The summed E-state index contributed by atoms with van der Waals surface area (Å²) in [6, 6.07) is 5.61. The average molecular weight is 378 g/mol. The number of benzene rings is 1. The first-order valence-electron chi connectivity index (χ1n) is 8.88. The standard InChI is InChI=1S/C18H26N4O3S/c1-5-26-18-21-13-7-6-12(8-15(13)25-18)19-17(23)20-14-9-22(11(2)3)10-16(14)24-4/h6-8,11,14,16H,5,9-10H2,1-4H3,(H2,19,20,23)/t14-,16-/m0/s1. The minimum Gasteiger partial charge on any atom is -0.431 e. The first kappa shape index (κ1) is 19.0. The van der Waals surface area contributed by atoms with Crippen LogP contribution in [0.25, 0.3) is 11.1 Å². The van der Waals surface area contributed by atoms with Gasteiger partial charge in [-0.25, -0.2) is 9.78 Å². The molecule has 26 heavy (non-hydrogen) atoms. The van der Waals surface area contributed by atoms with E-state index in [1.165, 1.54) is 0 Å². The molecule has 0 unspecified atom stereocenters. The second kappa shape index (κ2) is 8.28. The van der Waals surface area contributed by atoms with Crippen LogP contribution in [-0.2, 0) is 4.74 Å². The zero-order valence-corrected chi connectivity index (χ0v) is 16.4. The number of oxazole rings is 1. The van der Waals surface area contributed by atoms with E-state index in [9.17, 15) is 4.79 Å². The Balaban J connectivity index is 1.63. The molecule has 1 fully saturated rings. The molecule has 2 N–H and O–H groups in total. The third-order valence-corrected chi connectivity index (χ3v) is 5.25. The van der Waals surface area contributed by atoms with E-state index < -0.39 is 0 Å². The van der Waals surface area contributed by atoms with Gasteiger partial charge >= 0.3 is 6.03 Å². The van der Waals surface area contributed by atoms with Crippen molar-refractivity contribution < 1.29 is 13.9 Å². The van der Waals surface area contributed by atoms with Gasteiger partial charge in [0.25, 0.3) is 5.22 Å². The van der Waals surface area contributed by atoms with Crippen molar-refractivity contribution in [3.63, 3.8) is 0 Å². The molecule has 0 radical (unpaired) electrons. The smallest absolute Gasteiger partial charge is 0.319 e. The molecule has 142 valence electrons. The summed E-state index contributed by atoms with van der Waals surface area (Å²) in [7, 11) is 1.69. The molecule has 0 spiro atoms. The van der Waals surface area contributed by atoms with Crippen molar-refractivity contribution >= 4 is 34.6 Å². The second-order valence-corrected chi connectivity index (χ2v) is 7.84. The van der Waals surface area contributed by atoms with Crippen molar-refractivity contribution in [3.8, 4) is 0 Å². The molecular weight excluding hydrogens is 352 g/mol. The topological polar surface area (TPSA) is 79.6 Å². The van der Waals surface area contributed by atoms with Crippen molar-refractivity contribution in [1.29, 1.82) is 0 Å². The molecular formula is C18H26N4O3S. The van der Waals surface area contributed by atoms with Crippen molar-refractivity contribution in [2.24, 2.45) is 0 Å². The van der Waals surface area contributed by atoms with Crippen LogP contribution in [-0.4, -0.2) is 60.1 Å². The van der Waals surface area contributed by atoms with Crippen molar-refractivity contribution in [2.75, 3.05) is 31.3 Å². The lowest BCUT2D eigenvalue weighted by Crippen LogP contribution is -2.45. The highest BCUT2D eigenvalue weighted by Crippen LogP contribution is 2.25. The first-order valence-corrected chi connectivity index (χ1v) is 9.86. The fourth-order valence-electron chi connectivity index (χ4n) is 3.10. The lowest BCUT2D eigenvalue weighted by molar-refractivity contribution is 0.0896. The fourth-order valence-corrected chi connectivity index (χ4v) is 3.66.